The molecule has 1 fully saturated rings. The summed E-state index contributed by atoms with van der Waals surface area (Å²) >= 11 is 0. The van der Waals surface area contributed by atoms with Crippen LogP contribution >= 0.6 is 0 Å². The second-order valence-electron chi connectivity index (χ2n) is 5.41. The van der Waals surface area contributed by atoms with E-state index < -0.39 is 0 Å². The van der Waals surface area contributed by atoms with E-state index in [0.29, 0.717) is 19.6 Å². The van der Waals surface area contributed by atoms with Crippen LogP contribution in [0.1, 0.15) is 40.0 Å². The number of ether oxygens (including phenoxy) is 1. The molecule has 4 nitrogen and oxygen atoms in total. The lowest BCUT2D eigenvalue weighted by Gasteiger charge is -2.22. The highest BCUT2D eigenvalue weighted by Crippen LogP contribution is 2.30. The average Bonchev–Trinajstić information content (AvgIpc) is 2.42. The van der Waals surface area contributed by atoms with Crippen molar-refractivity contribution in [1.82, 2.24) is 4.90 Å². The monoisotopic (exact) mass is 253 g/mol. The topological polar surface area (TPSA) is 46.6 Å². The van der Waals surface area contributed by atoms with Gasteiger partial charge in [0.2, 0.25) is 5.91 Å². The molecule has 0 spiro atoms. The Morgan fingerprint density at radius 1 is 1.44 bits per heavy atom. The van der Waals surface area contributed by atoms with Crippen LogP contribution in [0.2, 0.25) is 0 Å². The van der Waals surface area contributed by atoms with Crippen molar-refractivity contribution in [2.45, 2.75) is 40.0 Å². The molecule has 0 aromatic carbocycles. The summed E-state index contributed by atoms with van der Waals surface area (Å²) in [6.45, 7) is 7.79. The number of esters is 1. The molecule has 18 heavy (non-hydrogen) atoms. The summed E-state index contributed by atoms with van der Waals surface area (Å²) < 4.78 is 4.79. The van der Waals surface area contributed by atoms with Gasteiger partial charge < -0.3 is 9.64 Å². The van der Waals surface area contributed by atoms with E-state index in [9.17, 15) is 9.59 Å². The number of carbonyl (C=O) groups is 2. The fourth-order valence-electron chi connectivity index (χ4n) is 1.95. The van der Waals surface area contributed by atoms with Crippen LogP contribution in [0.25, 0.3) is 0 Å². The predicted molar refractivity (Wildman–Crippen MR) is 70.0 cm³/mol. The SMILES string of the molecule is CCOC(=O)/C=C/CN1CCC(C)(C)CCC1=O. The quantitative estimate of drug-likeness (QED) is 0.569. The molecule has 0 bridgehead atoms. The molecule has 1 aliphatic rings. The predicted octanol–water partition coefficient (Wildman–Crippen LogP) is 2.14. The van der Waals surface area contributed by atoms with Gasteiger partial charge >= 0.3 is 5.97 Å². The Morgan fingerprint density at radius 3 is 2.83 bits per heavy atom. The highest BCUT2D eigenvalue weighted by atomic mass is 16.5. The van der Waals surface area contributed by atoms with Gasteiger partial charge in [0.15, 0.2) is 0 Å². The first-order valence-corrected chi connectivity index (χ1v) is 6.56. The minimum atomic E-state index is -0.347. The molecular weight excluding hydrogens is 230 g/mol. The normalized spacial score (nSPS) is 19.9. The Labute approximate surface area is 109 Å². The van der Waals surface area contributed by atoms with E-state index in [1.54, 1.807) is 13.0 Å². The van der Waals surface area contributed by atoms with Gasteiger partial charge in [-0.05, 0) is 25.2 Å². The molecule has 1 rings (SSSR count). The van der Waals surface area contributed by atoms with Crippen LogP contribution in [-0.2, 0) is 14.3 Å². The minimum Gasteiger partial charge on any atom is -0.463 e. The molecular formula is C14H23NO3. The molecule has 0 radical (unpaired) electrons. The van der Waals surface area contributed by atoms with E-state index in [2.05, 4.69) is 13.8 Å². The third-order valence-corrected chi connectivity index (χ3v) is 3.29. The molecule has 102 valence electrons. The van der Waals surface area contributed by atoms with Gasteiger partial charge in [0.25, 0.3) is 0 Å². The third-order valence-electron chi connectivity index (χ3n) is 3.29. The molecule has 0 aliphatic carbocycles. The van der Waals surface area contributed by atoms with Crippen molar-refractivity contribution >= 4 is 11.9 Å². The van der Waals surface area contributed by atoms with Crippen LogP contribution in [0, 0.1) is 5.41 Å². The summed E-state index contributed by atoms with van der Waals surface area (Å²) in [5.41, 5.74) is 0.231. The second-order valence-corrected chi connectivity index (χ2v) is 5.41. The van der Waals surface area contributed by atoms with Crippen LogP contribution in [0.5, 0.6) is 0 Å². The zero-order valence-corrected chi connectivity index (χ0v) is 11.6. The first-order chi connectivity index (χ1) is 8.44. The lowest BCUT2D eigenvalue weighted by atomic mass is 9.85. The van der Waals surface area contributed by atoms with Gasteiger partial charge in [-0.3, -0.25) is 4.79 Å². The zero-order chi connectivity index (χ0) is 13.6. The number of nitrogens with zero attached hydrogens (tertiary/aromatic N) is 1. The standard InChI is InChI=1S/C14H23NO3/c1-4-18-13(17)6-5-10-15-11-9-14(2,3)8-7-12(15)16/h5-6H,4,7-11H2,1-3H3/b6-5+. The maximum Gasteiger partial charge on any atom is 0.330 e. The number of rotatable bonds is 4. The highest BCUT2D eigenvalue weighted by Gasteiger charge is 2.26. The smallest absolute Gasteiger partial charge is 0.330 e. The lowest BCUT2D eigenvalue weighted by Crippen LogP contribution is -2.30. The van der Waals surface area contributed by atoms with Gasteiger partial charge in [0, 0.05) is 25.6 Å². The minimum absolute atomic E-state index is 0.175. The molecule has 0 saturated carbocycles. The summed E-state index contributed by atoms with van der Waals surface area (Å²) in [5.74, 6) is -0.172. The number of amides is 1. The largest absolute Gasteiger partial charge is 0.463 e. The van der Waals surface area contributed by atoms with E-state index in [1.807, 2.05) is 4.90 Å². The Morgan fingerprint density at radius 2 is 2.17 bits per heavy atom. The van der Waals surface area contributed by atoms with Crippen LogP contribution in [0.4, 0.5) is 0 Å². The van der Waals surface area contributed by atoms with Crippen molar-refractivity contribution in [3.8, 4) is 0 Å². The fourth-order valence-corrected chi connectivity index (χ4v) is 1.95. The first kappa shape index (κ1) is 14.7. The number of carbonyl (C=O) groups excluding carboxylic acids is 2. The van der Waals surface area contributed by atoms with E-state index in [4.69, 9.17) is 4.74 Å². The second kappa shape index (κ2) is 6.57. The first-order valence-electron chi connectivity index (χ1n) is 6.56. The number of hydrogen-bond donors (Lipinski definition) is 0. The Balaban J connectivity index is 2.46. The average molecular weight is 253 g/mol. The number of likely N-dealkylation sites (tertiary alicyclic amines) is 1. The van der Waals surface area contributed by atoms with E-state index in [0.717, 1.165) is 19.4 Å². The van der Waals surface area contributed by atoms with Gasteiger partial charge in [-0.15, -0.1) is 0 Å². The number of hydrogen-bond acceptors (Lipinski definition) is 3. The van der Waals surface area contributed by atoms with Crippen molar-refractivity contribution in [2.75, 3.05) is 19.7 Å². The molecule has 4 heteroatoms. The maximum absolute atomic E-state index is 11.9. The molecule has 1 heterocycles. The Bertz CT molecular complexity index is 334. The summed E-state index contributed by atoms with van der Waals surface area (Å²) in [6, 6.07) is 0. The van der Waals surface area contributed by atoms with E-state index >= 15 is 0 Å². The van der Waals surface area contributed by atoms with Gasteiger partial charge in [0.05, 0.1) is 6.61 Å². The molecule has 0 unspecified atom stereocenters. The van der Waals surface area contributed by atoms with Crippen molar-refractivity contribution in [2.24, 2.45) is 5.41 Å². The fraction of sp³-hybridized carbons (Fsp3) is 0.714. The molecule has 0 aromatic rings. The third kappa shape index (κ3) is 4.90. The molecule has 0 N–H and O–H groups in total. The summed E-state index contributed by atoms with van der Waals surface area (Å²) in [7, 11) is 0. The van der Waals surface area contributed by atoms with Crippen molar-refractivity contribution in [3.63, 3.8) is 0 Å². The molecule has 0 aromatic heterocycles. The lowest BCUT2D eigenvalue weighted by molar-refractivity contribution is -0.137. The highest BCUT2D eigenvalue weighted by molar-refractivity contribution is 5.82. The van der Waals surface area contributed by atoms with Crippen molar-refractivity contribution < 1.29 is 14.3 Å². The maximum atomic E-state index is 11.9. The van der Waals surface area contributed by atoms with E-state index in [-0.39, 0.29) is 17.3 Å². The molecule has 1 saturated heterocycles. The Hall–Kier alpha value is -1.32. The summed E-state index contributed by atoms with van der Waals surface area (Å²) in [6.07, 6.45) is 5.64. The Kier molecular flexibility index (Phi) is 5.38. The molecule has 1 aliphatic heterocycles. The van der Waals surface area contributed by atoms with Gasteiger partial charge in [-0.25, -0.2) is 4.79 Å². The van der Waals surface area contributed by atoms with Crippen LogP contribution in [-0.4, -0.2) is 36.5 Å². The van der Waals surface area contributed by atoms with Crippen molar-refractivity contribution in [3.05, 3.63) is 12.2 Å². The van der Waals surface area contributed by atoms with Gasteiger partial charge in [0.1, 0.15) is 0 Å². The van der Waals surface area contributed by atoms with Crippen LogP contribution in [0.15, 0.2) is 12.2 Å². The molecule has 0 atom stereocenters. The molecule has 1 amide bonds. The van der Waals surface area contributed by atoms with Crippen molar-refractivity contribution in [1.29, 1.82) is 0 Å². The summed E-state index contributed by atoms with van der Waals surface area (Å²) in [5, 5.41) is 0. The zero-order valence-electron chi connectivity index (χ0n) is 11.6. The summed E-state index contributed by atoms with van der Waals surface area (Å²) in [4.78, 5) is 24.8. The van der Waals surface area contributed by atoms with Gasteiger partial charge in [-0.2, -0.15) is 0 Å². The van der Waals surface area contributed by atoms with Crippen LogP contribution in [0.3, 0.4) is 0 Å². The van der Waals surface area contributed by atoms with Crippen LogP contribution < -0.4 is 0 Å². The van der Waals surface area contributed by atoms with Gasteiger partial charge in [-0.1, -0.05) is 19.9 Å². The van der Waals surface area contributed by atoms with E-state index in [1.165, 1.54) is 6.08 Å².